The van der Waals surface area contributed by atoms with E-state index in [4.69, 9.17) is 0 Å². The highest BCUT2D eigenvalue weighted by Gasteiger charge is 2.29. The number of benzene rings is 2. The third-order valence-electron chi connectivity index (χ3n) is 6.48. The molecule has 2 aromatic rings. The molecule has 1 atom stereocenters. The van der Waals surface area contributed by atoms with Crippen LogP contribution in [0.1, 0.15) is 51.0 Å². The number of nitrogens with one attached hydrogen (secondary N) is 1. The van der Waals surface area contributed by atoms with Gasteiger partial charge in [0.15, 0.2) is 11.6 Å². The van der Waals surface area contributed by atoms with Gasteiger partial charge in [0.2, 0.25) is 21.8 Å². The summed E-state index contributed by atoms with van der Waals surface area (Å²) in [5.41, 5.74) is 0.821. The molecule has 0 bridgehead atoms. The zero-order valence-corrected chi connectivity index (χ0v) is 23.3. The predicted molar refractivity (Wildman–Crippen MR) is 142 cm³/mol. The van der Waals surface area contributed by atoms with Crippen molar-refractivity contribution in [1.29, 1.82) is 0 Å². The van der Waals surface area contributed by atoms with Crippen LogP contribution < -0.4 is 9.62 Å². The lowest BCUT2D eigenvalue weighted by molar-refractivity contribution is -0.141. The highest BCUT2D eigenvalue weighted by Crippen LogP contribution is 2.22. The van der Waals surface area contributed by atoms with Gasteiger partial charge in [-0.3, -0.25) is 13.9 Å². The van der Waals surface area contributed by atoms with Crippen molar-refractivity contribution in [1.82, 2.24) is 10.2 Å². The van der Waals surface area contributed by atoms with Crippen LogP contribution in [0.15, 0.2) is 46.9 Å². The van der Waals surface area contributed by atoms with Gasteiger partial charge in [-0.15, -0.1) is 0 Å². The van der Waals surface area contributed by atoms with Crippen LogP contribution in [-0.2, 0) is 26.2 Å². The molecule has 7 nitrogen and oxygen atoms in total. The van der Waals surface area contributed by atoms with E-state index in [0.29, 0.717) is 0 Å². The summed E-state index contributed by atoms with van der Waals surface area (Å²) in [6.45, 7) is 1.79. The molecular formula is C26H32BrF2N3O4S. The van der Waals surface area contributed by atoms with Crippen LogP contribution in [0.25, 0.3) is 0 Å². The van der Waals surface area contributed by atoms with Gasteiger partial charge >= 0.3 is 0 Å². The Bertz CT molecular complexity index is 1200. The van der Waals surface area contributed by atoms with Gasteiger partial charge in [-0.1, -0.05) is 40.9 Å². The van der Waals surface area contributed by atoms with Crippen LogP contribution in [0.3, 0.4) is 0 Å². The fourth-order valence-corrected chi connectivity index (χ4v) is 5.63. The topological polar surface area (TPSA) is 86.8 Å². The van der Waals surface area contributed by atoms with Crippen LogP contribution >= 0.6 is 15.9 Å². The average molecular weight is 601 g/mol. The molecule has 0 radical (unpaired) electrons. The van der Waals surface area contributed by atoms with Crippen LogP contribution in [0.2, 0.25) is 0 Å². The first kappa shape index (κ1) is 29.0. The van der Waals surface area contributed by atoms with Crippen molar-refractivity contribution in [3.05, 3.63) is 64.1 Å². The first-order valence-corrected chi connectivity index (χ1v) is 14.9. The van der Waals surface area contributed by atoms with E-state index < -0.39 is 27.7 Å². The summed E-state index contributed by atoms with van der Waals surface area (Å²) in [6.07, 6.45) is 5.03. The number of anilines is 1. The molecule has 11 heteroatoms. The molecule has 0 saturated heterocycles. The summed E-state index contributed by atoms with van der Waals surface area (Å²) < 4.78 is 53.6. The monoisotopic (exact) mass is 599 g/mol. The summed E-state index contributed by atoms with van der Waals surface area (Å²) in [6, 6.07) is 9.66. The molecule has 1 saturated carbocycles. The van der Waals surface area contributed by atoms with Crippen molar-refractivity contribution < 1.29 is 26.8 Å². The number of carbonyl (C=O) groups is 2. The Morgan fingerprint density at radius 2 is 1.73 bits per heavy atom. The number of halogens is 3. The van der Waals surface area contributed by atoms with E-state index in [1.54, 1.807) is 6.92 Å². The Labute approximate surface area is 225 Å². The molecule has 3 rings (SSSR count). The van der Waals surface area contributed by atoms with Crippen molar-refractivity contribution in [2.45, 2.75) is 64.1 Å². The first-order chi connectivity index (χ1) is 17.5. The normalized spacial score (nSPS) is 14.8. The van der Waals surface area contributed by atoms with E-state index in [1.165, 1.54) is 11.0 Å². The number of carbonyl (C=O) groups excluding carboxylic acids is 2. The quantitative estimate of drug-likeness (QED) is 0.404. The van der Waals surface area contributed by atoms with Crippen molar-refractivity contribution >= 4 is 43.5 Å². The fraction of sp³-hybridized carbons (Fsp3) is 0.462. The van der Waals surface area contributed by atoms with Crippen LogP contribution in [0.5, 0.6) is 0 Å². The number of rotatable bonds is 11. The van der Waals surface area contributed by atoms with Gasteiger partial charge in [-0.05, 0) is 56.0 Å². The molecule has 1 N–H and O–H groups in total. The van der Waals surface area contributed by atoms with Gasteiger partial charge in [-0.25, -0.2) is 17.2 Å². The number of hydrogen-bond donors (Lipinski definition) is 1. The zero-order valence-electron chi connectivity index (χ0n) is 20.9. The van der Waals surface area contributed by atoms with E-state index in [9.17, 15) is 26.8 Å². The Morgan fingerprint density at radius 1 is 1.08 bits per heavy atom. The Hall–Kier alpha value is -2.53. The highest BCUT2D eigenvalue weighted by atomic mass is 79.9. The van der Waals surface area contributed by atoms with E-state index in [2.05, 4.69) is 21.2 Å². The lowest BCUT2D eigenvalue weighted by Crippen LogP contribution is -2.49. The number of nitrogens with zero attached hydrogens (tertiary/aromatic N) is 2. The van der Waals surface area contributed by atoms with Gasteiger partial charge in [0.25, 0.3) is 0 Å². The second-order valence-corrected chi connectivity index (χ2v) is 12.2. The van der Waals surface area contributed by atoms with Gasteiger partial charge in [-0.2, -0.15) is 0 Å². The number of hydrogen-bond acceptors (Lipinski definition) is 4. The number of sulfonamides is 1. The second-order valence-electron chi connectivity index (χ2n) is 9.35. The summed E-state index contributed by atoms with van der Waals surface area (Å²) in [4.78, 5) is 27.8. The van der Waals surface area contributed by atoms with E-state index >= 15 is 0 Å². The highest BCUT2D eigenvalue weighted by molar-refractivity contribution is 9.10. The maximum absolute atomic E-state index is 13.7. The Morgan fingerprint density at radius 3 is 2.32 bits per heavy atom. The molecule has 2 amide bonds. The van der Waals surface area contributed by atoms with Gasteiger partial charge in [0.1, 0.15) is 6.04 Å². The molecule has 0 spiro atoms. The van der Waals surface area contributed by atoms with Gasteiger partial charge < -0.3 is 10.2 Å². The van der Waals surface area contributed by atoms with Crippen LogP contribution in [0.4, 0.5) is 14.5 Å². The minimum atomic E-state index is -3.81. The zero-order chi connectivity index (χ0) is 27.2. The van der Waals surface area contributed by atoms with Crippen molar-refractivity contribution in [3.8, 4) is 0 Å². The van der Waals surface area contributed by atoms with E-state index in [1.807, 2.05) is 24.3 Å². The molecule has 0 aromatic heterocycles. The molecule has 0 aliphatic heterocycles. The maximum atomic E-state index is 13.7. The third-order valence-corrected chi connectivity index (χ3v) is 8.20. The fourth-order valence-electron chi connectivity index (χ4n) is 4.41. The van der Waals surface area contributed by atoms with E-state index in [-0.39, 0.29) is 49.5 Å². The van der Waals surface area contributed by atoms with Gasteiger partial charge in [0.05, 0.1) is 11.9 Å². The Balaban J connectivity index is 1.72. The molecule has 202 valence electrons. The lowest BCUT2D eigenvalue weighted by Gasteiger charge is -2.30. The van der Waals surface area contributed by atoms with Crippen molar-refractivity contribution in [2.75, 3.05) is 17.1 Å². The average Bonchev–Trinajstić information content (AvgIpc) is 3.35. The van der Waals surface area contributed by atoms with Crippen LogP contribution in [0, 0.1) is 11.6 Å². The third kappa shape index (κ3) is 8.23. The molecule has 1 fully saturated rings. The first-order valence-electron chi connectivity index (χ1n) is 12.2. The molecule has 0 heterocycles. The summed E-state index contributed by atoms with van der Waals surface area (Å²) in [7, 11) is -3.81. The summed E-state index contributed by atoms with van der Waals surface area (Å²) in [5.74, 6) is -2.78. The molecular weight excluding hydrogens is 568 g/mol. The molecule has 1 aliphatic rings. The minimum Gasteiger partial charge on any atom is -0.352 e. The number of amides is 2. The molecule has 0 unspecified atom stereocenters. The second kappa shape index (κ2) is 12.8. The standard InChI is InChI=1S/C26H32BrF2N3O4S/c1-18(26(34)30-21-6-3-4-7-21)31(17-19-9-11-20(27)12-10-19)25(33)8-5-15-32(37(2,35)36)22-13-14-23(28)24(29)16-22/h9-14,16,18,21H,3-8,15,17H2,1-2H3,(H,30,34)/t18-/m0/s1. The van der Waals surface area contributed by atoms with Crippen molar-refractivity contribution in [2.24, 2.45) is 0 Å². The summed E-state index contributed by atoms with van der Waals surface area (Å²) >= 11 is 3.39. The molecule has 1 aliphatic carbocycles. The summed E-state index contributed by atoms with van der Waals surface area (Å²) in [5, 5.41) is 3.04. The molecule has 2 aromatic carbocycles. The Kier molecular flexibility index (Phi) is 10.1. The van der Waals surface area contributed by atoms with Crippen LogP contribution in [-0.4, -0.2) is 50.0 Å². The lowest BCUT2D eigenvalue weighted by atomic mass is 10.1. The SMILES string of the molecule is C[C@@H](C(=O)NC1CCCC1)N(Cc1ccc(Br)cc1)C(=O)CCCN(c1ccc(F)c(F)c1)S(C)(=O)=O. The van der Waals surface area contributed by atoms with Crippen molar-refractivity contribution in [3.63, 3.8) is 0 Å². The minimum absolute atomic E-state index is 0.0233. The van der Waals surface area contributed by atoms with E-state index in [0.717, 1.165) is 58.4 Å². The van der Waals surface area contributed by atoms with Gasteiger partial charge in [0, 0.05) is 36.1 Å². The predicted octanol–water partition coefficient (Wildman–Crippen LogP) is 4.75. The maximum Gasteiger partial charge on any atom is 0.242 e. The molecule has 37 heavy (non-hydrogen) atoms. The smallest absolute Gasteiger partial charge is 0.242 e. The largest absolute Gasteiger partial charge is 0.352 e.